The van der Waals surface area contributed by atoms with Gasteiger partial charge in [0.2, 0.25) is 0 Å². The minimum atomic E-state index is 0.688. The molecule has 0 bridgehead atoms. The summed E-state index contributed by atoms with van der Waals surface area (Å²) >= 11 is 0. The molecular formula is C19H27N. The molecule has 0 saturated heterocycles. The monoisotopic (exact) mass is 269 g/mol. The average Bonchev–Trinajstić information content (AvgIpc) is 3.02. The van der Waals surface area contributed by atoms with Gasteiger partial charge < -0.3 is 5.32 Å². The van der Waals surface area contributed by atoms with E-state index in [1.165, 1.54) is 63.5 Å². The van der Waals surface area contributed by atoms with E-state index in [1.807, 2.05) is 0 Å². The first-order valence-electron chi connectivity index (χ1n) is 8.40. The zero-order valence-electron chi connectivity index (χ0n) is 12.5. The Morgan fingerprint density at radius 2 is 1.85 bits per heavy atom. The quantitative estimate of drug-likeness (QED) is 0.757. The number of hydrogen-bond donors (Lipinski definition) is 1. The lowest BCUT2D eigenvalue weighted by Gasteiger charge is -2.33. The van der Waals surface area contributed by atoms with Crippen molar-refractivity contribution in [3.05, 3.63) is 47.5 Å². The molecule has 0 amide bonds. The van der Waals surface area contributed by atoms with Crippen molar-refractivity contribution in [1.82, 2.24) is 5.32 Å². The molecule has 2 atom stereocenters. The van der Waals surface area contributed by atoms with Crippen molar-refractivity contribution in [2.45, 2.75) is 63.3 Å². The fourth-order valence-electron chi connectivity index (χ4n) is 3.86. The molecule has 20 heavy (non-hydrogen) atoms. The summed E-state index contributed by atoms with van der Waals surface area (Å²) in [5, 5.41) is 3.86. The highest BCUT2D eigenvalue weighted by Crippen LogP contribution is 2.33. The van der Waals surface area contributed by atoms with E-state index in [2.05, 4.69) is 41.7 Å². The van der Waals surface area contributed by atoms with Gasteiger partial charge >= 0.3 is 0 Å². The zero-order valence-corrected chi connectivity index (χ0v) is 12.5. The van der Waals surface area contributed by atoms with Crippen molar-refractivity contribution >= 4 is 0 Å². The van der Waals surface area contributed by atoms with Gasteiger partial charge in [0.1, 0.15) is 0 Å². The lowest BCUT2D eigenvalue weighted by molar-refractivity contribution is 0.329. The van der Waals surface area contributed by atoms with Gasteiger partial charge in [0.25, 0.3) is 0 Å². The van der Waals surface area contributed by atoms with Gasteiger partial charge in [0.15, 0.2) is 0 Å². The van der Waals surface area contributed by atoms with E-state index in [9.17, 15) is 0 Å². The van der Waals surface area contributed by atoms with E-state index in [4.69, 9.17) is 0 Å². The molecule has 2 aliphatic rings. The Labute approximate surface area is 123 Å². The third-order valence-electron chi connectivity index (χ3n) is 4.98. The maximum absolute atomic E-state index is 3.86. The number of nitrogens with one attached hydrogen (secondary N) is 1. The maximum atomic E-state index is 3.86. The van der Waals surface area contributed by atoms with E-state index >= 15 is 0 Å². The molecule has 1 heteroatoms. The molecule has 1 saturated carbocycles. The molecule has 1 aromatic carbocycles. The number of allylic oxidation sites excluding steroid dienone is 1. The minimum Gasteiger partial charge on any atom is -0.313 e. The molecule has 0 radical (unpaired) electrons. The molecule has 2 unspecified atom stereocenters. The van der Waals surface area contributed by atoms with E-state index in [0.29, 0.717) is 6.04 Å². The van der Waals surface area contributed by atoms with Crippen molar-refractivity contribution < 1.29 is 0 Å². The molecule has 0 spiro atoms. The van der Waals surface area contributed by atoms with E-state index in [0.717, 1.165) is 5.92 Å². The Morgan fingerprint density at radius 1 is 1.00 bits per heavy atom. The fourth-order valence-corrected chi connectivity index (χ4v) is 3.86. The van der Waals surface area contributed by atoms with E-state index in [1.54, 1.807) is 5.57 Å². The summed E-state index contributed by atoms with van der Waals surface area (Å²) in [6, 6.07) is 11.8. The summed E-state index contributed by atoms with van der Waals surface area (Å²) < 4.78 is 0. The molecule has 1 nitrogen and oxygen atoms in total. The number of benzene rings is 1. The van der Waals surface area contributed by atoms with Crippen LogP contribution in [0.1, 0.15) is 62.8 Å². The lowest BCUT2D eigenvalue weighted by Crippen LogP contribution is -2.37. The predicted octanol–water partition coefficient (Wildman–Crippen LogP) is 4.80. The SMILES string of the molecule is C1=C(CCNC2CCCCC2c2ccccc2)CCC1. The highest BCUT2D eigenvalue weighted by Gasteiger charge is 2.25. The molecule has 2 aliphatic carbocycles. The molecule has 0 aliphatic heterocycles. The van der Waals surface area contributed by atoms with Gasteiger partial charge in [-0.2, -0.15) is 0 Å². The van der Waals surface area contributed by atoms with Crippen molar-refractivity contribution in [1.29, 1.82) is 0 Å². The van der Waals surface area contributed by atoms with Gasteiger partial charge in [-0.05, 0) is 56.6 Å². The summed E-state index contributed by atoms with van der Waals surface area (Å²) in [5.74, 6) is 0.725. The Morgan fingerprint density at radius 3 is 2.65 bits per heavy atom. The lowest BCUT2D eigenvalue weighted by atomic mass is 9.80. The Balaban J connectivity index is 1.55. The highest BCUT2D eigenvalue weighted by molar-refractivity contribution is 5.22. The van der Waals surface area contributed by atoms with Gasteiger partial charge in [-0.1, -0.05) is 54.8 Å². The third-order valence-corrected chi connectivity index (χ3v) is 4.98. The third kappa shape index (κ3) is 3.52. The first kappa shape index (κ1) is 13.9. The second kappa shape index (κ2) is 7.08. The molecule has 1 fully saturated rings. The largest absolute Gasteiger partial charge is 0.313 e. The Kier molecular flexibility index (Phi) is 4.91. The molecule has 0 heterocycles. The maximum Gasteiger partial charge on any atom is 0.0136 e. The van der Waals surface area contributed by atoms with E-state index in [-0.39, 0.29) is 0 Å². The van der Waals surface area contributed by atoms with Gasteiger partial charge in [-0.3, -0.25) is 0 Å². The topological polar surface area (TPSA) is 12.0 Å². The summed E-state index contributed by atoms with van der Waals surface area (Å²) in [5.41, 5.74) is 3.22. The smallest absolute Gasteiger partial charge is 0.0136 e. The second-order valence-electron chi connectivity index (χ2n) is 6.37. The van der Waals surface area contributed by atoms with Gasteiger partial charge in [0.05, 0.1) is 0 Å². The van der Waals surface area contributed by atoms with Crippen molar-refractivity contribution in [3.63, 3.8) is 0 Å². The molecular weight excluding hydrogens is 242 g/mol. The van der Waals surface area contributed by atoms with Gasteiger partial charge in [0, 0.05) is 6.04 Å². The first-order chi connectivity index (χ1) is 9.93. The molecule has 1 aromatic rings. The standard InChI is InChI=1S/C19H27N/c1-2-10-17(11-3-1)18-12-6-7-13-19(18)20-15-14-16-8-4-5-9-16/h1-3,8,10-11,18-20H,4-7,9,12-15H2. The fraction of sp³-hybridized carbons (Fsp3) is 0.579. The Hall–Kier alpha value is -1.08. The second-order valence-corrected chi connectivity index (χ2v) is 6.37. The average molecular weight is 269 g/mol. The molecule has 0 aromatic heterocycles. The van der Waals surface area contributed by atoms with Crippen LogP contribution < -0.4 is 5.32 Å². The van der Waals surface area contributed by atoms with Gasteiger partial charge in [-0.25, -0.2) is 0 Å². The van der Waals surface area contributed by atoms with E-state index < -0.39 is 0 Å². The summed E-state index contributed by atoms with van der Waals surface area (Å²) in [6.07, 6.45) is 13.2. The van der Waals surface area contributed by atoms with Crippen molar-refractivity contribution in [2.24, 2.45) is 0 Å². The van der Waals surface area contributed by atoms with Crippen LogP contribution in [0.4, 0.5) is 0 Å². The van der Waals surface area contributed by atoms with Crippen molar-refractivity contribution in [2.75, 3.05) is 6.54 Å². The molecule has 108 valence electrons. The van der Waals surface area contributed by atoms with Crippen LogP contribution in [0, 0.1) is 0 Å². The van der Waals surface area contributed by atoms with Crippen LogP contribution >= 0.6 is 0 Å². The number of hydrogen-bond acceptors (Lipinski definition) is 1. The van der Waals surface area contributed by atoms with Crippen LogP contribution in [0.25, 0.3) is 0 Å². The van der Waals surface area contributed by atoms with Crippen LogP contribution in [0.5, 0.6) is 0 Å². The first-order valence-corrected chi connectivity index (χ1v) is 8.40. The minimum absolute atomic E-state index is 0.688. The summed E-state index contributed by atoms with van der Waals surface area (Å²) in [4.78, 5) is 0. The molecule has 3 rings (SSSR count). The van der Waals surface area contributed by atoms with Gasteiger partial charge in [-0.15, -0.1) is 0 Å². The number of rotatable bonds is 5. The van der Waals surface area contributed by atoms with Crippen molar-refractivity contribution in [3.8, 4) is 0 Å². The normalized spacial score (nSPS) is 26.5. The van der Waals surface area contributed by atoms with Crippen LogP contribution in [-0.4, -0.2) is 12.6 Å². The van der Waals surface area contributed by atoms with Crippen LogP contribution in [0.15, 0.2) is 42.0 Å². The summed E-state index contributed by atoms with van der Waals surface area (Å²) in [7, 11) is 0. The van der Waals surface area contributed by atoms with Crippen LogP contribution in [-0.2, 0) is 0 Å². The zero-order chi connectivity index (χ0) is 13.6. The van der Waals surface area contributed by atoms with Crippen LogP contribution in [0.2, 0.25) is 0 Å². The molecule has 1 N–H and O–H groups in total. The summed E-state index contributed by atoms with van der Waals surface area (Å²) in [6.45, 7) is 1.17. The van der Waals surface area contributed by atoms with Crippen LogP contribution in [0.3, 0.4) is 0 Å². The predicted molar refractivity (Wildman–Crippen MR) is 86.0 cm³/mol. The Bertz CT molecular complexity index is 434. The highest BCUT2D eigenvalue weighted by atomic mass is 14.9.